The zero-order valence-electron chi connectivity index (χ0n) is 13.9. The molecule has 9 nitrogen and oxygen atoms in total. The van der Waals surface area contributed by atoms with Crippen molar-refractivity contribution in [2.75, 3.05) is 5.73 Å². The number of anilines is 1. The molecule has 2 aromatic carbocycles. The second-order valence-electron chi connectivity index (χ2n) is 5.26. The van der Waals surface area contributed by atoms with Crippen LogP contribution in [0.1, 0.15) is 0 Å². The summed E-state index contributed by atoms with van der Waals surface area (Å²) < 4.78 is 27.3. The number of hydrogen-bond donors (Lipinski definition) is 3. The number of nitrogen functional groups attached to an aromatic ring is 1. The van der Waals surface area contributed by atoms with Crippen LogP contribution in [-0.4, -0.2) is 19.4 Å². The highest BCUT2D eigenvalue weighted by atomic mass is 32.2. The third-order valence-electron chi connectivity index (χ3n) is 3.28. The first-order chi connectivity index (χ1) is 12.8. The Morgan fingerprint density at radius 1 is 0.963 bits per heavy atom. The molecular weight excluding hydrogens is 386 g/mol. The van der Waals surface area contributed by atoms with Gasteiger partial charge >= 0.3 is 0 Å². The fraction of sp³-hybridized carbons (Fsp3) is 0. The Bertz CT molecular complexity index is 1100. The molecule has 27 heavy (non-hydrogen) atoms. The average Bonchev–Trinajstić information content (AvgIpc) is 3.01. The highest BCUT2D eigenvalue weighted by Crippen LogP contribution is 2.38. The first-order valence-corrected chi connectivity index (χ1v) is 9.80. The Hall–Kier alpha value is -3.31. The van der Waals surface area contributed by atoms with E-state index in [0.29, 0.717) is 27.1 Å². The van der Waals surface area contributed by atoms with Crippen LogP contribution < -0.4 is 17.2 Å². The van der Waals surface area contributed by atoms with Crippen LogP contribution in [0.25, 0.3) is 10.4 Å². The minimum Gasteiger partial charge on any atom is -0.375 e. The number of hydrogen-bond acceptors (Lipinski definition) is 7. The van der Waals surface area contributed by atoms with E-state index in [1.165, 1.54) is 23.5 Å². The molecule has 0 fully saturated rings. The van der Waals surface area contributed by atoms with E-state index in [0.717, 1.165) is 0 Å². The molecular formula is C16H15N7O2S2. The molecule has 0 aliphatic rings. The zero-order valence-corrected chi connectivity index (χ0v) is 15.5. The lowest BCUT2D eigenvalue weighted by Gasteiger charge is -2.02. The lowest BCUT2D eigenvalue weighted by molar-refractivity contribution is 0.598. The van der Waals surface area contributed by atoms with Gasteiger partial charge < -0.3 is 17.2 Å². The third-order valence-corrected chi connectivity index (χ3v) is 5.52. The summed E-state index contributed by atoms with van der Waals surface area (Å²) in [6.07, 6.45) is 0. The quantitative estimate of drug-likeness (QED) is 0.338. The Morgan fingerprint density at radius 2 is 1.63 bits per heavy atom. The predicted molar refractivity (Wildman–Crippen MR) is 106 cm³/mol. The molecule has 0 atom stereocenters. The van der Waals surface area contributed by atoms with Gasteiger partial charge in [0.25, 0.3) is 10.0 Å². The van der Waals surface area contributed by atoms with Crippen molar-refractivity contribution in [1.82, 2.24) is 4.98 Å². The minimum absolute atomic E-state index is 0.0374. The van der Waals surface area contributed by atoms with Gasteiger partial charge in [-0.3, -0.25) is 0 Å². The van der Waals surface area contributed by atoms with Gasteiger partial charge in [0.1, 0.15) is 0 Å². The van der Waals surface area contributed by atoms with E-state index >= 15 is 0 Å². The number of benzene rings is 2. The summed E-state index contributed by atoms with van der Waals surface area (Å²) in [5, 5.41) is 8.62. The Balaban J connectivity index is 1.94. The number of aromatic nitrogens is 1. The van der Waals surface area contributed by atoms with Gasteiger partial charge in [-0.25, -0.2) is 0 Å². The number of nitrogens with two attached hydrogens (primary N) is 3. The van der Waals surface area contributed by atoms with Crippen LogP contribution in [0.4, 0.5) is 16.6 Å². The average molecular weight is 401 g/mol. The summed E-state index contributed by atoms with van der Waals surface area (Å²) in [7, 11) is -3.95. The Labute approximate surface area is 159 Å². The maximum atomic E-state index is 12.0. The van der Waals surface area contributed by atoms with Gasteiger partial charge in [0, 0.05) is 0 Å². The van der Waals surface area contributed by atoms with Gasteiger partial charge in [-0.2, -0.15) is 13.4 Å². The first kappa shape index (κ1) is 18.5. The van der Waals surface area contributed by atoms with Crippen LogP contribution in [0.2, 0.25) is 0 Å². The maximum absolute atomic E-state index is 12.0. The Kier molecular flexibility index (Phi) is 5.14. The molecule has 0 saturated carbocycles. The fourth-order valence-electron chi connectivity index (χ4n) is 2.15. The smallest absolute Gasteiger partial charge is 0.285 e. The molecule has 0 bridgehead atoms. The molecule has 138 valence electrons. The highest BCUT2D eigenvalue weighted by Gasteiger charge is 2.16. The Morgan fingerprint density at radius 3 is 2.26 bits per heavy atom. The molecule has 0 amide bonds. The molecule has 1 heterocycles. The largest absolute Gasteiger partial charge is 0.375 e. The van der Waals surface area contributed by atoms with Crippen molar-refractivity contribution in [3.05, 3.63) is 54.6 Å². The number of thiazole rings is 1. The number of nitrogens with zero attached hydrogens (tertiary/aromatic N) is 4. The number of guanidine groups is 1. The van der Waals surface area contributed by atoms with Crippen LogP contribution in [0.5, 0.6) is 0 Å². The van der Waals surface area contributed by atoms with Crippen molar-refractivity contribution < 1.29 is 8.42 Å². The minimum atomic E-state index is -3.95. The van der Waals surface area contributed by atoms with Gasteiger partial charge in [0.15, 0.2) is 10.9 Å². The second-order valence-corrected chi connectivity index (χ2v) is 7.89. The van der Waals surface area contributed by atoms with E-state index in [9.17, 15) is 8.42 Å². The SMILES string of the molecule is NC(N)=NS(=O)(=O)c1ccc(-c2sc(N)nc2N=Nc2ccccc2)cc1. The summed E-state index contributed by atoms with van der Waals surface area (Å²) in [6.45, 7) is 0. The van der Waals surface area contributed by atoms with Gasteiger partial charge in [0.05, 0.1) is 15.5 Å². The molecule has 1 aromatic heterocycles. The number of rotatable bonds is 5. The summed E-state index contributed by atoms with van der Waals surface area (Å²) in [4.78, 5) is 4.80. The van der Waals surface area contributed by atoms with Crippen LogP contribution in [0, 0.1) is 0 Å². The molecule has 0 radical (unpaired) electrons. The summed E-state index contributed by atoms with van der Waals surface area (Å²) >= 11 is 1.22. The van der Waals surface area contributed by atoms with Gasteiger partial charge in [-0.1, -0.05) is 41.7 Å². The molecule has 3 aromatic rings. The molecule has 3 rings (SSSR count). The third kappa shape index (κ3) is 4.46. The van der Waals surface area contributed by atoms with Crippen LogP contribution in [-0.2, 0) is 10.0 Å². The fourth-order valence-corrected chi connectivity index (χ4v) is 3.79. The van der Waals surface area contributed by atoms with Crippen LogP contribution in [0.3, 0.4) is 0 Å². The first-order valence-electron chi connectivity index (χ1n) is 7.54. The van der Waals surface area contributed by atoms with E-state index < -0.39 is 16.0 Å². The van der Waals surface area contributed by atoms with Crippen molar-refractivity contribution in [1.29, 1.82) is 0 Å². The maximum Gasteiger partial charge on any atom is 0.285 e. The van der Waals surface area contributed by atoms with Crippen molar-refractivity contribution in [2.45, 2.75) is 4.90 Å². The normalized spacial score (nSPS) is 11.6. The molecule has 0 unspecified atom stereocenters. The number of azo groups is 1. The van der Waals surface area contributed by atoms with Crippen molar-refractivity contribution in [3.8, 4) is 10.4 Å². The molecule has 0 aliphatic carbocycles. The van der Waals surface area contributed by atoms with Gasteiger partial charge in [-0.15, -0.1) is 14.6 Å². The van der Waals surface area contributed by atoms with Gasteiger partial charge in [-0.05, 0) is 29.8 Å². The van der Waals surface area contributed by atoms with E-state index in [2.05, 4.69) is 19.6 Å². The summed E-state index contributed by atoms with van der Waals surface area (Å²) in [5.41, 5.74) is 17.5. The highest BCUT2D eigenvalue weighted by molar-refractivity contribution is 7.90. The monoisotopic (exact) mass is 401 g/mol. The van der Waals surface area contributed by atoms with Crippen LogP contribution in [0.15, 0.2) is 74.1 Å². The summed E-state index contributed by atoms with van der Waals surface area (Å²) in [6, 6.07) is 15.2. The van der Waals surface area contributed by atoms with E-state index in [4.69, 9.17) is 17.2 Å². The van der Waals surface area contributed by atoms with Crippen LogP contribution >= 0.6 is 11.3 Å². The molecule has 0 aliphatic heterocycles. The van der Waals surface area contributed by atoms with Gasteiger partial charge in [0.2, 0.25) is 5.96 Å². The lowest BCUT2D eigenvalue weighted by Crippen LogP contribution is -2.24. The number of sulfonamides is 1. The van der Waals surface area contributed by atoms with Crippen molar-refractivity contribution in [3.63, 3.8) is 0 Å². The van der Waals surface area contributed by atoms with E-state index in [-0.39, 0.29) is 4.90 Å². The van der Waals surface area contributed by atoms with E-state index in [1.54, 1.807) is 12.1 Å². The zero-order chi connectivity index (χ0) is 19.4. The lowest BCUT2D eigenvalue weighted by atomic mass is 10.2. The molecule has 6 N–H and O–H groups in total. The molecule has 0 saturated heterocycles. The topological polar surface area (TPSA) is 162 Å². The second kappa shape index (κ2) is 7.51. The van der Waals surface area contributed by atoms with Crippen molar-refractivity contribution >= 4 is 44.0 Å². The summed E-state index contributed by atoms with van der Waals surface area (Å²) in [5.74, 6) is -0.181. The predicted octanol–water partition coefficient (Wildman–Crippen LogP) is 2.77. The standard InChI is InChI=1S/C16H15N7O2S2/c17-15(18)23-27(24,25)12-8-6-10(7-9-12)13-14(20-16(19)26-13)22-21-11-4-2-1-3-5-11/h1-9H,(H2,19,20)(H4,17,18,23). The molecule has 0 spiro atoms. The van der Waals surface area contributed by atoms with Crippen molar-refractivity contribution in [2.24, 2.45) is 26.1 Å². The van der Waals surface area contributed by atoms with E-state index in [1.807, 2.05) is 30.3 Å². The molecule has 11 heteroatoms.